The molecule has 17 heavy (non-hydrogen) atoms. The summed E-state index contributed by atoms with van der Waals surface area (Å²) in [5.41, 5.74) is 0. The Kier molecular flexibility index (Phi) is 97.5. The summed E-state index contributed by atoms with van der Waals surface area (Å²) in [6, 6.07) is 0. The molecule has 0 spiro atoms. The van der Waals surface area contributed by atoms with E-state index in [0.29, 0.717) is 0 Å². The van der Waals surface area contributed by atoms with Crippen LogP contribution in [0.2, 0.25) is 0 Å². The summed E-state index contributed by atoms with van der Waals surface area (Å²) in [4.78, 5) is 0. The van der Waals surface area contributed by atoms with Crippen LogP contribution in [0.15, 0.2) is 0 Å². The Morgan fingerprint density at radius 2 is 0.353 bits per heavy atom. The molecule has 0 aromatic carbocycles. The average molecular weight is 461 g/mol. The molecule has 14 nitrogen and oxygen atoms in total. The molecule has 0 bridgehead atoms. The van der Waals surface area contributed by atoms with Crippen LogP contribution in [0.5, 0.6) is 0 Å². The van der Waals surface area contributed by atoms with E-state index in [4.69, 9.17) is 33.6 Å². The maximum Gasteiger partial charge on any atom is 2.00 e. The van der Waals surface area contributed by atoms with Crippen LogP contribution >= 0.6 is 0 Å². The molecule has 0 aliphatic carbocycles. The minimum absolute atomic E-state index is 0. The van der Waals surface area contributed by atoms with Crippen molar-refractivity contribution in [3.8, 4) is 0 Å². The van der Waals surface area contributed by atoms with Crippen molar-refractivity contribution in [1.82, 2.24) is 0 Å². The van der Waals surface area contributed by atoms with E-state index in [0.717, 1.165) is 0 Å². The molecule has 0 atom stereocenters. The van der Waals surface area contributed by atoms with Gasteiger partial charge in [0.05, 0.1) is 28.2 Å². The Balaban J connectivity index is -0.00000000762. The Morgan fingerprint density at radius 3 is 0.353 bits per heavy atom. The molecule has 0 radical (unpaired) electrons. The van der Waals surface area contributed by atoms with Crippen molar-refractivity contribution in [2.45, 2.75) is 0 Å². The first kappa shape index (κ1) is 64.6. The topological polar surface area (TPSA) is 382 Å². The first-order valence-electron chi connectivity index (χ1n) is 1.23. The summed E-state index contributed by atoms with van der Waals surface area (Å²) in [5.74, 6) is 0. The summed E-state index contributed by atoms with van der Waals surface area (Å²) in [5, 5.41) is 0. The van der Waals surface area contributed by atoms with Gasteiger partial charge < -0.3 is 32.9 Å². The SMILES string of the molecule is [Ni+2].[O-][Br+3]([O-])([O-])[O-].[O-][Br+3]([O-])([O-])[O-].[OH3+].[OH3+].[OH3+].[OH3+].[OH3+].[OH3+]. The Hall–Kier alpha value is 0.894. The van der Waals surface area contributed by atoms with Crippen molar-refractivity contribution in [1.29, 1.82) is 0 Å². The second kappa shape index (κ2) is 25.7. The second-order valence-electron chi connectivity index (χ2n) is 0.756. The van der Waals surface area contributed by atoms with Gasteiger partial charge in [-0.15, -0.1) is 0 Å². The largest absolute Gasteiger partial charge is 2.00 e. The summed E-state index contributed by atoms with van der Waals surface area (Å²) >= 11 is -11.2. The molecule has 0 aliphatic heterocycles. The monoisotopic (exact) mass is 458 g/mol. The molecule has 0 aromatic heterocycles. The molecule has 0 saturated heterocycles. The normalized spacial score (nSPS) is 7.06. The van der Waals surface area contributed by atoms with Crippen LogP contribution in [0.25, 0.3) is 0 Å². The molecule has 0 saturated carbocycles. The van der Waals surface area contributed by atoms with Crippen molar-refractivity contribution in [3.05, 3.63) is 0 Å². The van der Waals surface area contributed by atoms with Crippen LogP contribution in [-0.4, -0.2) is 0 Å². The van der Waals surface area contributed by atoms with Gasteiger partial charge in [0, 0.05) is 0 Å². The van der Waals surface area contributed by atoms with Gasteiger partial charge in [-0.05, 0) is 0 Å². The fraction of sp³-hybridized carbons (Fsp3) is 0. The molecular weight excluding hydrogens is 442 g/mol. The van der Waals surface area contributed by atoms with E-state index in [9.17, 15) is 0 Å². The maximum absolute atomic E-state index is 8.58. The quantitative estimate of drug-likeness (QED) is 0.246. The predicted octanol–water partition coefficient (Wildman–Crippen LogP) is -15.0. The van der Waals surface area contributed by atoms with Crippen LogP contribution in [-0.2, 0) is 49.3 Å². The number of rotatable bonds is 0. The van der Waals surface area contributed by atoms with E-state index in [1.807, 2.05) is 0 Å². The molecule has 17 heteroatoms. The van der Waals surface area contributed by atoms with Gasteiger partial charge in [-0.25, -0.2) is 0 Å². The first-order valence-corrected chi connectivity index (χ1v) is 6.41. The number of hydrogen-bond donors (Lipinski definition) is 0. The van der Waals surface area contributed by atoms with Gasteiger partial charge in [0.1, 0.15) is 0 Å². The standard InChI is InChI=1S/2BrO4.Ni.6H2O/c2*2-1(3,4)5;;;;;;;/h;;;6*1H2/q2*-1;+2;;;;;;/p+6. The van der Waals surface area contributed by atoms with Crippen LogP contribution in [0.4, 0.5) is 0 Å². The van der Waals surface area contributed by atoms with Gasteiger partial charge >= 0.3 is 16.5 Å². The van der Waals surface area contributed by atoms with Gasteiger partial charge in [-0.3, -0.25) is 33.6 Å². The van der Waals surface area contributed by atoms with Gasteiger partial charge in [0.15, 0.2) is 0 Å². The minimum atomic E-state index is -5.62. The smallest absolute Gasteiger partial charge is 0.457 e. The third kappa shape index (κ3) is 4690. The van der Waals surface area contributed by atoms with Crippen LogP contribution < -0.4 is 33.6 Å². The molecule has 0 amide bonds. The molecular formula is H18Br2NiO14+6. The second-order valence-corrected chi connectivity index (χ2v) is 3.93. The van der Waals surface area contributed by atoms with Gasteiger partial charge in [0.2, 0.25) is 0 Å². The fourth-order valence-electron chi connectivity index (χ4n) is 0. The fourth-order valence-corrected chi connectivity index (χ4v) is 0. The molecule has 120 valence electrons. The molecule has 0 aromatic rings. The zero-order chi connectivity index (χ0) is 9.00. The molecule has 0 heterocycles. The van der Waals surface area contributed by atoms with Crippen molar-refractivity contribution in [2.24, 2.45) is 0 Å². The number of halogens is 2. The predicted molar refractivity (Wildman–Crippen MR) is 29.2 cm³/mol. The molecule has 0 fully saturated rings. The third-order valence-electron chi connectivity index (χ3n) is 0. The van der Waals surface area contributed by atoms with Crippen LogP contribution in [0.1, 0.15) is 0 Å². The maximum atomic E-state index is 8.58. The Bertz CT molecular complexity index is 57.2. The van der Waals surface area contributed by atoms with E-state index >= 15 is 0 Å². The van der Waals surface area contributed by atoms with E-state index in [1.165, 1.54) is 0 Å². The van der Waals surface area contributed by atoms with Gasteiger partial charge in [-0.1, -0.05) is 0 Å². The van der Waals surface area contributed by atoms with Gasteiger partial charge in [-0.2, -0.15) is 0 Å². The summed E-state index contributed by atoms with van der Waals surface area (Å²) in [6.07, 6.45) is 0. The minimum Gasteiger partial charge on any atom is -0.457 e. The summed E-state index contributed by atoms with van der Waals surface area (Å²) in [7, 11) is 0. The first-order chi connectivity index (χ1) is 4.00. The third-order valence-corrected chi connectivity index (χ3v) is 0. The Labute approximate surface area is 111 Å². The average Bonchev–Trinajstić information content (AvgIpc) is 1.12. The van der Waals surface area contributed by atoms with Crippen LogP contribution in [0.3, 0.4) is 0 Å². The molecule has 0 unspecified atom stereocenters. The van der Waals surface area contributed by atoms with Crippen molar-refractivity contribution >= 4 is 0 Å². The zero-order valence-corrected chi connectivity index (χ0v) is 12.0. The summed E-state index contributed by atoms with van der Waals surface area (Å²) < 4.78 is 68.6. The zero-order valence-electron chi connectivity index (χ0n) is 7.80. The van der Waals surface area contributed by atoms with Gasteiger partial charge in [0.25, 0.3) is 0 Å². The van der Waals surface area contributed by atoms with Crippen molar-refractivity contribution in [3.63, 3.8) is 0 Å². The van der Waals surface area contributed by atoms with Crippen molar-refractivity contribution in [2.75, 3.05) is 0 Å². The number of hydrogen-bond acceptors (Lipinski definition) is 8. The van der Waals surface area contributed by atoms with E-state index in [2.05, 4.69) is 0 Å². The van der Waals surface area contributed by atoms with E-state index in [1.54, 1.807) is 0 Å². The molecule has 0 rings (SSSR count). The Morgan fingerprint density at radius 1 is 0.353 bits per heavy atom. The van der Waals surface area contributed by atoms with E-state index < -0.39 is 28.2 Å². The van der Waals surface area contributed by atoms with Crippen molar-refractivity contribution < 1.29 is 111 Å². The summed E-state index contributed by atoms with van der Waals surface area (Å²) in [6.45, 7) is 0. The van der Waals surface area contributed by atoms with E-state index in [-0.39, 0.29) is 49.3 Å². The van der Waals surface area contributed by atoms with Crippen LogP contribution in [0, 0.1) is 28.2 Å². The molecule has 18 N–H and O–H groups in total. The molecule has 0 aliphatic rings.